The fourth-order valence-electron chi connectivity index (χ4n) is 1.80. The SMILES string of the molecule is CC(=O)OC1(C(N)=S)CCCCC1. The molecule has 13 heavy (non-hydrogen) atoms. The minimum Gasteiger partial charge on any atom is -0.452 e. The molecule has 0 radical (unpaired) electrons. The zero-order valence-corrected chi connectivity index (χ0v) is 8.65. The van der Waals surface area contributed by atoms with Crippen molar-refractivity contribution in [2.75, 3.05) is 0 Å². The average Bonchev–Trinajstić information content (AvgIpc) is 2.04. The van der Waals surface area contributed by atoms with Gasteiger partial charge in [-0.1, -0.05) is 18.6 Å². The third kappa shape index (κ3) is 2.40. The Kier molecular flexibility index (Phi) is 3.25. The summed E-state index contributed by atoms with van der Waals surface area (Å²) in [6.45, 7) is 1.40. The largest absolute Gasteiger partial charge is 0.452 e. The van der Waals surface area contributed by atoms with Crippen molar-refractivity contribution in [2.45, 2.75) is 44.6 Å². The van der Waals surface area contributed by atoms with E-state index >= 15 is 0 Å². The maximum Gasteiger partial charge on any atom is 0.303 e. The van der Waals surface area contributed by atoms with Gasteiger partial charge in [0.2, 0.25) is 0 Å². The second-order valence-corrected chi connectivity index (χ2v) is 3.95. The lowest BCUT2D eigenvalue weighted by Gasteiger charge is -2.35. The molecule has 0 aliphatic heterocycles. The molecule has 2 N–H and O–H groups in total. The van der Waals surface area contributed by atoms with Gasteiger partial charge < -0.3 is 10.5 Å². The lowest BCUT2D eigenvalue weighted by Crippen LogP contribution is -2.47. The summed E-state index contributed by atoms with van der Waals surface area (Å²) in [7, 11) is 0. The van der Waals surface area contributed by atoms with Crippen LogP contribution in [0.3, 0.4) is 0 Å². The van der Waals surface area contributed by atoms with Gasteiger partial charge in [0.05, 0.1) is 0 Å². The zero-order chi connectivity index (χ0) is 9.90. The molecule has 0 heterocycles. The van der Waals surface area contributed by atoms with Gasteiger partial charge in [-0.2, -0.15) is 0 Å². The fraction of sp³-hybridized carbons (Fsp3) is 0.778. The molecule has 0 atom stereocenters. The molecule has 3 nitrogen and oxygen atoms in total. The Morgan fingerprint density at radius 2 is 1.92 bits per heavy atom. The Morgan fingerprint density at radius 1 is 1.38 bits per heavy atom. The van der Waals surface area contributed by atoms with Crippen LogP contribution in [0.4, 0.5) is 0 Å². The smallest absolute Gasteiger partial charge is 0.303 e. The summed E-state index contributed by atoms with van der Waals surface area (Å²) < 4.78 is 5.24. The Bertz CT molecular complexity index is 222. The quantitative estimate of drug-likeness (QED) is 0.544. The maximum atomic E-state index is 10.9. The molecule has 0 bridgehead atoms. The van der Waals surface area contributed by atoms with Crippen LogP contribution in [0.15, 0.2) is 0 Å². The fourth-order valence-corrected chi connectivity index (χ4v) is 2.04. The third-order valence-corrected chi connectivity index (χ3v) is 2.82. The molecule has 0 saturated heterocycles. The number of thiocarbonyl (C=S) groups is 1. The Balaban J connectivity index is 2.73. The summed E-state index contributed by atoms with van der Waals surface area (Å²) in [6, 6.07) is 0. The first-order valence-electron chi connectivity index (χ1n) is 4.56. The van der Waals surface area contributed by atoms with Gasteiger partial charge in [0.1, 0.15) is 4.99 Å². The van der Waals surface area contributed by atoms with Gasteiger partial charge in [-0.15, -0.1) is 0 Å². The lowest BCUT2D eigenvalue weighted by molar-refractivity contribution is -0.152. The molecular weight excluding hydrogens is 186 g/mol. The number of nitrogens with two attached hydrogens (primary N) is 1. The molecular formula is C9H15NO2S. The van der Waals surface area contributed by atoms with Crippen molar-refractivity contribution in [1.29, 1.82) is 0 Å². The molecule has 4 heteroatoms. The molecule has 1 aliphatic carbocycles. The second kappa shape index (κ2) is 4.05. The minimum atomic E-state index is -0.639. The van der Waals surface area contributed by atoms with E-state index in [4.69, 9.17) is 22.7 Å². The summed E-state index contributed by atoms with van der Waals surface area (Å²) in [5.74, 6) is -0.297. The van der Waals surface area contributed by atoms with E-state index in [1.54, 1.807) is 0 Å². The van der Waals surface area contributed by atoms with Crippen LogP contribution in [0.25, 0.3) is 0 Å². The molecule has 74 valence electrons. The second-order valence-electron chi connectivity index (χ2n) is 3.51. The molecule has 0 amide bonds. The van der Waals surface area contributed by atoms with E-state index < -0.39 is 5.60 Å². The molecule has 1 saturated carbocycles. The molecule has 1 aliphatic rings. The number of hydrogen-bond donors (Lipinski definition) is 1. The van der Waals surface area contributed by atoms with Crippen LogP contribution in [0.1, 0.15) is 39.0 Å². The van der Waals surface area contributed by atoms with Gasteiger partial charge in [-0.25, -0.2) is 0 Å². The molecule has 0 aromatic heterocycles. The summed E-state index contributed by atoms with van der Waals surface area (Å²) in [5, 5.41) is 0. The van der Waals surface area contributed by atoms with Gasteiger partial charge in [0, 0.05) is 6.92 Å². The highest BCUT2D eigenvalue weighted by Crippen LogP contribution is 2.32. The van der Waals surface area contributed by atoms with Crippen LogP contribution in [-0.4, -0.2) is 16.6 Å². The van der Waals surface area contributed by atoms with Crippen molar-refractivity contribution in [1.82, 2.24) is 0 Å². The lowest BCUT2D eigenvalue weighted by atomic mass is 9.84. The van der Waals surface area contributed by atoms with E-state index in [-0.39, 0.29) is 5.97 Å². The van der Waals surface area contributed by atoms with Crippen molar-refractivity contribution < 1.29 is 9.53 Å². The summed E-state index contributed by atoms with van der Waals surface area (Å²) in [4.78, 5) is 11.2. The predicted molar refractivity (Wildman–Crippen MR) is 54.4 cm³/mol. The van der Waals surface area contributed by atoms with E-state index in [9.17, 15) is 4.79 Å². The van der Waals surface area contributed by atoms with Crippen molar-refractivity contribution in [3.63, 3.8) is 0 Å². The summed E-state index contributed by atoms with van der Waals surface area (Å²) >= 11 is 4.95. The number of carbonyl (C=O) groups excluding carboxylic acids is 1. The van der Waals surface area contributed by atoms with Crippen molar-refractivity contribution >= 4 is 23.2 Å². The molecule has 0 unspecified atom stereocenters. The zero-order valence-electron chi connectivity index (χ0n) is 7.84. The predicted octanol–water partition coefficient (Wildman–Crippen LogP) is 1.54. The highest BCUT2D eigenvalue weighted by atomic mass is 32.1. The van der Waals surface area contributed by atoms with Crippen LogP contribution < -0.4 is 5.73 Å². The minimum absolute atomic E-state index is 0.297. The van der Waals surface area contributed by atoms with Gasteiger partial charge in [-0.3, -0.25) is 4.79 Å². The number of ether oxygens (including phenoxy) is 1. The van der Waals surface area contributed by atoms with Gasteiger partial charge in [-0.05, 0) is 25.7 Å². The monoisotopic (exact) mass is 201 g/mol. The highest BCUT2D eigenvalue weighted by molar-refractivity contribution is 7.80. The molecule has 1 rings (SSSR count). The summed E-state index contributed by atoms with van der Waals surface area (Å²) in [6.07, 6.45) is 4.80. The van der Waals surface area contributed by atoms with Crippen LogP contribution in [0.2, 0.25) is 0 Å². The first-order chi connectivity index (χ1) is 6.07. The van der Waals surface area contributed by atoms with Gasteiger partial charge in [0.25, 0.3) is 0 Å². The first-order valence-corrected chi connectivity index (χ1v) is 4.97. The maximum absolute atomic E-state index is 10.9. The number of esters is 1. The van der Waals surface area contributed by atoms with E-state index in [1.807, 2.05) is 0 Å². The Morgan fingerprint density at radius 3 is 2.31 bits per heavy atom. The third-order valence-electron chi connectivity index (χ3n) is 2.45. The Hall–Kier alpha value is -0.640. The molecule has 0 aromatic rings. The van der Waals surface area contributed by atoms with Gasteiger partial charge >= 0.3 is 5.97 Å². The van der Waals surface area contributed by atoms with E-state index in [2.05, 4.69) is 0 Å². The highest BCUT2D eigenvalue weighted by Gasteiger charge is 2.38. The van der Waals surface area contributed by atoms with Gasteiger partial charge in [0.15, 0.2) is 5.60 Å². The van der Waals surface area contributed by atoms with Crippen LogP contribution >= 0.6 is 12.2 Å². The standard InChI is InChI=1S/C9H15NO2S/c1-7(11)12-9(8(10)13)5-3-2-4-6-9/h2-6H2,1H3,(H2,10,13). The topological polar surface area (TPSA) is 52.3 Å². The first kappa shape index (κ1) is 10.4. The molecule has 0 spiro atoms. The van der Waals surface area contributed by atoms with Crippen molar-refractivity contribution in [3.8, 4) is 0 Å². The number of rotatable bonds is 2. The summed E-state index contributed by atoms with van der Waals surface area (Å²) in [5.41, 5.74) is 4.97. The van der Waals surface area contributed by atoms with Crippen molar-refractivity contribution in [3.05, 3.63) is 0 Å². The van der Waals surface area contributed by atoms with Crippen LogP contribution in [0.5, 0.6) is 0 Å². The number of carbonyl (C=O) groups is 1. The average molecular weight is 201 g/mol. The molecule has 0 aromatic carbocycles. The van der Waals surface area contributed by atoms with Crippen LogP contribution in [-0.2, 0) is 9.53 Å². The van der Waals surface area contributed by atoms with E-state index in [0.29, 0.717) is 4.99 Å². The van der Waals surface area contributed by atoms with Crippen LogP contribution in [0, 0.1) is 0 Å². The van der Waals surface area contributed by atoms with E-state index in [0.717, 1.165) is 25.7 Å². The van der Waals surface area contributed by atoms with E-state index in [1.165, 1.54) is 13.3 Å². The van der Waals surface area contributed by atoms with Crippen molar-refractivity contribution in [2.24, 2.45) is 5.73 Å². The normalized spacial score (nSPS) is 20.7. The molecule has 1 fully saturated rings. The Labute approximate surface area is 83.6 Å². The number of hydrogen-bond acceptors (Lipinski definition) is 3.